The molecule has 0 aliphatic rings. The summed E-state index contributed by atoms with van der Waals surface area (Å²) in [6.45, 7) is 6.70. The minimum Gasteiger partial charge on any atom is -0.462 e. The Morgan fingerprint density at radius 1 is 0.254 bits per heavy atom. The molecule has 0 bridgehead atoms. The fourth-order valence-electron chi connectivity index (χ4n) is 8.80. The van der Waals surface area contributed by atoms with Gasteiger partial charge in [-0.25, -0.2) is 0 Å². The van der Waals surface area contributed by atoms with E-state index in [1.165, 1.54) is 231 Å². The summed E-state index contributed by atoms with van der Waals surface area (Å²) in [6.07, 6.45) is 58.0. The zero-order chi connectivity index (χ0) is 45.8. The number of hydrogen-bond donors (Lipinski definition) is 0. The van der Waals surface area contributed by atoms with Crippen LogP contribution in [-0.2, 0) is 28.6 Å². The Morgan fingerprint density at radius 2 is 0.429 bits per heavy atom. The van der Waals surface area contributed by atoms with Gasteiger partial charge in [0.05, 0.1) is 0 Å². The summed E-state index contributed by atoms with van der Waals surface area (Å²) in [5.74, 6) is -0.834. The van der Waals surface area contributed by atoms with E-state index >= 15 is 0 Å². The van der Waals surface area contributed by atoms with Crippen molar-refractivity contribution in [1.29, 1.82) is 0 Å². The second kappa shape index (κ2) is 53.0. The molecule has 6 nitrogen and oxygen atoms in total. The molecule has 374 valence electrons. The molecule has 63 heavy (non-hydrogen) atoms. The lowest BCUT2D eigenvalue weighted by atomic mass is 10.0. The number of esters is 3. The first-order valence-corrected chi connectivity index (χ1v) is 28.5. The van der Waals surface area contributed by atoms with Crippen LogP contribution < -0.4 is 0 Å². The van der Waals surface area contributed by atoms with Gasteiger partial charge < -0.3 is 14.2 Å². The van der Waals surface area contributed by atoms with E-state index in [1.54, 1.807) is 0 Å². The molecule has 0 N–H and O–H groups in total. The average Bonchev–Trinajstić information content (AvgIpc) is 3.28. The van der Waals surface area contributed by atoms with Crippen LogP contribution in [0.4, 0.5) is 0 Å². The van der Waals surface area contributed by atoms with Gasteiger partial charge in [0.1, 0.15) is 13.2 Å². The SMILES string of the molecule is CCCCCCCCCCCCCCCCCCCCC(=O)OC[C@H](COC(=O)CCCCCCCCCCCCCCCCC)OC(=O)CCCCCCCCCCCCCC. The summed E-state index contributed by atoms with van der Waals surface area (Å²) >= 11 is 0. The number of carbonyl (C=O) groups excluding carboxylic acids is 3. The highest BCUT2D eigenvalue weighted by Crippen LogP contribution is 2.17. The van der Waals surface area contributed by atoms with Gasteiger partial charge >= 0.3 is 17.9 Å². The first kappa shape index (κ1) is 61.4. The molecule has 0 aromatic rings. The van der Waals surface area contributed by atoms with E-state index in [1.807, 2.05) is 0 Å². The molecule has 0 aliphatic heterocycles. The first-order valence-electron chi connectivity index (χ1n) is 28.5. The van der Waals surface area contributed by atoms with Gasteiger partial charge in [0.25, 0.3) is 0 Å². The third-order valence-corrected chi connectivity index (χ3v) is 13.1. The molecule has 0 amide bonds. The Labute approximate surface area is 393 Å². The molecule has 0 radical (unpaired) electrons. The van der Waals surface area contributed by atoms with Gasteiger partial charge in [-0.05, 0) is 19.3 Å². The normalized spacial score (nSPS) is 11.9. The van der Waals surface area contributed by atoms with Crippen molar-refractivity contribution in [2.75, 3.05) is 13.2 Å². The van der Waals surface area contributed by atoms with Gasteiger partial charge in [0.15, 0.2) is 6.10 Å². The highest BCUT2D eigenvalue weighted by molar-refractivity contribution is 5.71. The lowest BCUT2D eigenvalue weighted by Crippen LogP contribution is -2.30. The summed E-state index contributed by atoms with van der Waals surface area (Å²) in [7, 11) is 0. The second-order valence-electron chi connectivity index (χ2n) is 19.6. The van der Waals surface area contributed by atoms with E-state index in [0.717, 1.165) is 57.8 Å². The van der Waals surface area contributed by atoms with E-state index in [-0.39, 0.29) is 31.1 Å². The Bertz CT molecular complexity index is 936. The topological polar surface area (TPSA) is 78.9 Å². The molecule has 0 aliphatic carbocycles. The average molecular weight is 892 g/mol. The summed E-state index contributed by atoms with van der Waals surface area (Å²) in [5, 5.41) is 0. The van der Waals surface area contributed by atoms with Crippen molar-refractivity contribution in [3.05, 3.63) is 0 Å². The quantitative estimate of drug-likeness (QED) is 0.0344. The standard InChI is InChI=1S/C57H110O6/c1-4-7-10-13-16-19-22-25-27-28-29-31-33-36-38-41-44-47-50-56(59)62-53-54(63-57(60)51-48-45-42-39-34-24-21-18-15-12-9-6-3)52-61-55(58)49-46-43-40-37-35-32-30-26-23-20-17-14-11-8-5-2/h54H,4-53H2,1-3H3/t54-/m0/s1. The molecule has 0 saturated heterocycles. The van der Waals surface area contributed by atoms with Gasteiger partial charge in [-0.15, -0.1) is 0 Å². The van der Waals surface area contributed by atoms with Crippen molar-refractivity contribution < 1.29 is 28.6 Å². The molecule has 6 heteroatoms. The second-order valence-corrected chi connectivity index (χ2v) is 19.6. The van der Waals surface area contributed by atoms with Gasteiger partial charge in [-0.1, -0.05) is 290 Å². The zero-order valence-corrected chi connectivity index (χ0v) is 42.9. The predicted octanol–water partition coefficient (Wildman–Crippen LogP) is 18.8. The first-order chi connectivity index (χ1) is 31.0. The smallest absolute Gasteiger partial charge is 0.306 e. The molecule has 0 saturated carbocycles. The summed E-state index contributed by atoms with van der Waals surface area (Å²) in [6, 6.07) is 0. The third-order valence-electron chi connectivity index (χ3n) is 13.1. The maximum Gasteiger partial charge on any atom is 0.306 e. The molecule has 0 unspecified atom stereocenters. The Kier molecular flexibility index (Phi) is 51.7. The molecule has 0 heterocycles. The van der Waals surface area contributed by atoms with Crippen molar-refractivity contribution in [3.8, 4) is 0 Å². The number of ether oxygens (including phenoxy) is 3. The van der Waals surface area contributed by atoms with Crippen LogP contribution in [-0.4, -0.2) is 37.2 Å². The fourth-order valence-corrected chi connectivity index (χ4v) is 8.80. The number of rotatable bonds is 53. The van der Waals surface area contributed by atoms with Gasteiger partial charge in [-0.2, -0.15) is 0 Å². The van der Waals surface area contributed by atoms with Crippen LogP contribution >= 0.6 is 0 Å². The minimum absolute atomic E-state index is 0.0612. The molecule has 0 rings (SSSR count). The van der Waals surface area contributed by atoms with Crippen molar-refractivity contribution in [1.82, 2.24) is 0 Å². The molecule has 0 fully saturated rings. The maximum absolute atomic E-state index is 12.8. The summed E-state index contributed by atoms with van der Waals surface area (Å²) in [5.41, 5.74) is 0. The van der Waals surface area contributed by atoms with E-state index in [2.05, 4.69) is 20.8 Å². The largest absolute Gasteiger partial charge is 0.462 e. The van der Waals surface area contributed by atoms with E-state index in [0.29, 0.717) is 19.3 Å². The van der Waals surface area contributed by atoms with Crippen LogP contribution in [0.2, 0.25) is 0 Å². The van der Waals surface area contributed by atoms with E-state index in [4.69, 9.17) is 14.2 Å². The highest BCUT2D eigenvalue weighted by atomic mass is 16.6. The van der Waals surface area contributed by atoms with Crippen molar-refractivity contribution in [2.45, 2.75) is 335 Å². The van der Waals surface area contributed by atoms with Crippen molar-refractivity contribution in [3.63, 3.8) is 0 Å². The lowest BCUT2D eigenvalue weighted by molar-refractivity contribution is -0.167. The number of hydrogen-bond acceptors (Lipinski definition) is 6. The van der Waals surface area contributed by atoms with Crippen LogP contribution in [0.25, 0.3) is 0 Å². The Morgan fingerprint density at radius 3 is 0.635 bits per heavy atom. The Balaban J connectivity index is 4.25. The van der Waals surface area contributed by atoms with Gasteiger partial charge in [-0.3, -0.25) is 14.4 Å². The van der Waals surface area contributed by atoms with Crippen LogP contribution in [0.3, 0.4) is 0 Å². The zero-order valence-electron chi connectivity index (χ0n) is 42.9. The molecular weight excluding hydrogens is 781 g/mol. The van der Waals surface area contributed by atoms with E-state index < -0.39 is 6.10 Å². The Hall–Kier alpha value is -1.59. The predicted molar refractivity (Wildman–Crippen MR) is 270 cm³/mol. The van der Waals surface area contributed by atoms with Gasteiger partial charge in [0.2, 0.25) is 0 Å². The summed E-state index contributed by atoms with van der Waals surface area (Å²) < 4.78 is 16.9. The maximum atomic E-state index is 12.8. The molecule has 0 aromatic heterocycles. The summed E-state index contributed by atoms with van der Waals surface area (Å²) in [4.78, 5) is 38.1. The third kappa shape index (κ3) is 51.3. The van der Waals surface area contributed by atoms with Gasteiger partial charge in [0, 0.05) is 19.3 Å². The molecular formula is C57H110O6. The van der Waals surface area contributed by atoms with Crippen molar-refractivity contribution >= 4 is 17.9 Å². The number of carbonyl (C=O) groups is 3. The van der Waals surface area contributed by atoms with Crippen LogP contribution in [0.5, 0.6) is 0 Å². The monoisotopic (exact) mass is 891 g/mol. The van der Waals surface area contributed by atoms with Crippen LogP contribution in [0.1, 0.15) is 329 Å². The lowest BCUT2D eigenvalue weighted by Gasteiger charge is -2.18. The van der Waals surface area contributed by atoms with E-state index in [9.17, 15) is 14.4 Å². The molecule has 0 spiro atoms. The highest BCUT2D eigenvalue weighted by Gasteiger charge is 2.19. The van der Waals surface area contributed by atoms with Crippen LogP contribution in [0.15, 0.2) is 0 Å². The molecule has 0 aromatic carbocycles. The minimum atomic E-state index is -0.760. The fraction of sp³-hybridized carbons (Fsp3) is 0.947. The molecule has 1 atom stereocenters. The number of unbranched alkanes of at least 4 members (excludes halogenated alkanes) is 42. The van der Waals surface area contributed by atoms with Crippen LogP contribution in [0, 0.1) is 0 Å². The van der Waals surface area contributed by atoms with Crippen molar-refractivity contribution in [2.24, 2.45) is 0 Å².